The van der Waals surface area contributed by atoms with Gasteiger partial charge in [0.2, 0.25) is 0 Å². The first-order valence-corrected chi connectivity index (χ1v) is 9.86. The lowest BCUT2D eigenvalue weighted by Crippen LogP contribution is -2.20. The van der Waals surface area contributed by atoms with Crippen molar-refractivity contribution in [1.29, 1.82) is 0 Å². The molecule has 1 aromatic heterocycles. The average molecular weight is 456 g/mol. The van der Waals surface area contributed by atoms with Gasteiger partial charge in [-0.05, 0) is 66.2 Å². The van der Waals surface area contributed by atoms with Crippen molar-refractivity contribution < 1.29 is 9.53 Å². The number of carbonyl (C=O) groups excluding carboxylic acids is 1. The number of hydrogen-bond donors (Lipinski definition) is 1. The van der Waals surface area contributed by atoms with E-state index in [1.165, 1.54) is 11.3 Å². The first kappa shape index (κ1) is 18.9. The molecular weight excluding hydrogens is 440 g/mol. The van der Waals surface area contributed by atoms with Crippen LogP contribution in [0, 0.1) is 0 Å². The van der Waals surface area contributed by atoms with E-state index in [4.69, 9.17) is 16.3 Å². The monoisotopic (exact) mass is 454 g/mol. The van der Waals surface area contributed by atoms with Crippen LogP contribution < -0.4 is 14.9 Å². The van der Waals surface area contributed by atoms with Crippen molar-refractivity contribution in [3.63, 3.8) is 0 Å². The fraction of sp³-hybridized carbons (Fsp3) is 0.222. The van der Waals surface area contributed by atoms with Gasteiger partial charge in [0.05, 0.1) is 14.7 Å². The maximum absolute atomic E-state index is 12.1. The molecule has 0 fully saturated rings. The molecule has 0 saturated carbocycles. The van der Waals surface area contributed by atoms with E-state index in [9.17, 15) is 9.59 Å². The highest BCUT2D eigenvalue weighted by Gasteiger charge is 2.12. The highest BCUT2D eigenvalue weighted by molar-refractivity contribution is 9.10. The molecule has 0 saturated heterocycles. The van der Waals surface area contributed by atoms with Crippen molar-refractivity contribution in [2.24, 2.45) is 0 Å². The molecule has 0 aliphatic rings. The SMILES string of the molecule is CC(C)n1c(=O)sc2cc(NC(=O)COc3ccc(Cl)cc3Br)ccc21. The Bertz CT molecular complexity index is 1030. The van der Waals surface area contributed by atoms with Crippen LogP contribution in [0.5, 0.6) is 5.75 Å². The third-order valence-corrected chi connectivity index (χ3v) is 5.44. The van der Waals surface area contributed by atoms with E-state index in [1.807, 2.05) is 19.9 Å². The quantitative estimate of drug-likeness (QED) is 0.584. The maximum atomic E-state index is 12.1. The number of hydrogen-bond acceptors (Lipinski definition) is 4. The minimum atomic E-state index is -0.290. The van der Waals surface area contributed by atoms with E-state index in [-0.39, 0.29) is 23.4 Å². The van der Waals surface area contributed by atoms with Crippen molar-refractivity contribution in [3.8, 4) is 5.75 Å². The normalized spacial score (nSPS) is 11.1. The summed E-state index contributed by atoms with van der Waals surface area (Å²) in [5, 5.41) is 3.36. The molecule has 0 radical (unpaired) electrons. The fourth-order valence-corrected chi connectivity index (χ4v) is 4.39. The molecule has 1 N–H and O–H groups in total. The molecule has 0 spiro atoms. The third-order valence-electron chi connectivity index (χ3n) is 3.67. The molecule has 0 bridgehead atoms. The minimum Gasteiger partial charge on any atom is -0.483 e. The van der Waals surface area contributed by atoms with Gasteiger partial charge in [0.25, 0.3) is 5.91 Å². The largest absolute Gasteiger partial charge is 0.483 e. The molecule has 0 unspecified atom stereocenters. The van der Waals surface area contributed by atoms with Crippen molar-refractivity contribution in [3.05, 3.63) is 55.6 Å². The molecule has 0 atom stereocenters. The molecule has 2 aromatic carbocycles. The second-order valence-corrected chi connectivity index (χ2v) is 8.21. The smallest absolute Gasteiger partial charge is 0.308 e. The van der Waals surface area contributed by atoms with Crippen LogP contribution in [0.4, 0.5) is 5.69 Å². The zero-order valence-corrected chi connectivity index (χ0v) is 17.2. The minimum absolute atomic E-state index is 0.00519. The van der Waals surface area contributed by atoms with Gasteiger partial charge in [-0.3, -0.25) is 14.2 Å². The lowest BCUT2D eigenvalue weighted by Gasteiger charge is -2.10. The van der Waals surface area contributed by atoms with Gasteiger partial charge in [-0.25, -0.2) is 0 Å². The summed E-state index contributed by atoms with van der Waals surface area (Å²) >= 11 is 10.4. The van der Waals surface area contributed by atoms with Crippen molar-refractivity contribution in [2.45, 2.75) is 19.9 Å². The summed E-state index contributed by atoms with van der Waals surface area (Å²) in [6.07, 6.45) is 0. The number of ether oxygens (including phenoxy) is 1. The third kappa shape index (κ3) is 4.11. The number of halogens is 2. The van der Waals surface area contributed by atoms with E-state index in [1.54, 1.807) is 34.9 Å². The lowest BCUT2D eigenvalue weighted by molar-refractivity contribution is -0.118. The van der Waals surface area contributed by atoms with Crippen molar-refractivity contribution in [1.82, 2.24) is 4.57 Å². The van der Waals surface area contributed by atoms with Crippen LogP contribution in [0.2, 0.25) is 5.02 Å². The van der Waals surface area contributed by atoms with E-state index >= 15 is 0 Å². The molecule has 3 rings (SSSR count). The summed E-state index contributed by atoms with van der Waals surface area (Å²) in [7, 11) is 0. The van der Waals surface area contributed by atoms with Gasteiger partial charge in [-0.2, -0.15) is 0 Å². The van der Waals surface area contributed by atoms with Gasteiger partial charge < -0.3 is 10.1 Å². The first-order valence-electron chi connectivity index (χ1n) is 7.88. The van der Waals surface area contributed by atoms with Gasteiger partial charge in [0, 0.05) is 16.8 Å². The van der Waals surface area contributed by atoms with E-state index in [0.717, 1.165) is 10.2 Å². The number of anilines is 1. The maximum Gasteiger partial charge on any atom is 0.308 e. The standard InChI is InChI=1S/C18H16BrClN2O3S/c1-10(2)22-14-5-4-12(8-16(14)26-18(22)24)21-17(23)9-25-15-6-3-11(20)7-13(15)19/h3-8,10H,9H2,1-2H3,(H,21,23). The number of benzene rings is 2. The molecule has 8 heteroatoms. The number of aromatic nitrogens is 1. The van der Waals surface area contributed by atoms with E-state index in [0.29, 0.717) is 20.9 Å². The molecule has 136 valence electrons. The zero-order chi connectivity index (χ0) is 18.8. The molecule has 3 aromatic rings. The fourth-order valence-electron chi connectivity index (χ4n) is 2.54. The molecule has 5 nitrogen and oxygen atoms in total. The summed E-state index contributed by atoms with van der Waals surface area (Å²) < 4.78 is 8.76. The second kappa shape index (κ2) is 7.82. The summed E-state index contributed by atoms with van der Waals surface area (Å²) in [6, 6.07) is 10.6. The van der Waals surface area contributed by atoms with Gasteiger partial charge in [0.1, 0.15) is 5.75 Å². The highest BCUT2D eigenvalue weighted by Crippen LogP contribution is 2.28. The Hall–Kier alpha value is -1.83. The number of nitrogens with zero attached hydrogens (tertiary/aromatic N) is 1. The number of rotatable bonds is 5. The van der Waals surface area contributed by atoms with Crippen LogP contribution in [0.1, 0.15) is 19.9 Å². The molecule has 26 heavy (non-hydrogen) atoms. The summed E-state index contributed by atoms with van der Waals surface area (Å²) in [5.74, 6) is 0.245. The van der Waals surface area contributed by atoms with Gasteiger partial charge in [-0.15, -0.1) is 0 Å². The Morgan fingerprint density at radius 1 is 1.31 bits per heavy atom. The Morgan fingerprint density at radius 3 is 2.77 bits per heavy atom. The van der Waals surface area contributed by atoms with Crippen LogP contribution in [0.3, 0.4) is 0 Å². The van der Waals surface area contributed by atoms with Crippen LogP contribution in [-0.4, -0.2) is 17.1 Å². The van der Waals surface area contributed by atoms with E-state index in [2.05, 4.69) is 21.2 Å². The van der Waals surface area contributed by atoms with Gasteiger partial charge in [-0.1, -0.05) is 22.9 Å². The molecular formula is C18H16BrClN2O3S. The summed E-state index contributed by atoms with van der Waals surface area (Å²) in [5.41, 5.74) is 1.49. The predicted octanol–water partition coefficient (Wildman–Crippen LogP) is 5.08. The highest BCUT2D eigenvalue weighted by atomic mass is 79.9. The van der Waals surface area contributed by atoms with Crippen molar-refractivity contribution >= 4 is 60.7 Å². The topological polar surface area (TPSA) is 60.3 Å². The van der Waals surface area contributed by atoms with Gasteiger partial charge in [0.15, 0.2) is 6.61 Å². The number of thiazole rings is 1. The van der Waals surface area contributed by atoms with Gasteiger partial charge >= 0.3 is 4.87 Å². The van der Waals surface area contributed by atoms with E-state index < -0.39 is 0 Å². The lowest BCUT2D eigenvalue weighted by atomic mass is 10.2. The Balaban J connectivity index is 1.70. The van der Waals surface area contributed by atoms with Crippen molar-refractivity contribution in [2.75, 3.05) is 11.9 Å². The average Bonchev–Trinajstić information content (AvgIpc) is 2.89. The number of carbonyl (C=O) groups is 1. The predicted molar refractivity (Wildman–Crippen MR) is 110 cm³/mol. The molecule has 0 aliphatic heterocycles. The second-order valence-electron chi connectivity index (χ2n) is 5.93. The first-order chi connectivity index (χ1) is 12.3. The Labute approximate surface area is 167 Å². The zero-order valence-electron chi connectivity index (χ0n) is 14.1. The molecule has 0 aliphatic carbocycles. The summed E-state index contributed by atoms with van der Waals surface area (Å²) in [4.78, 5) is 24.2. The van der Waals surface area contributed by atoms with Crippen LogP contribution in [0.15, 0.2) is 45.7 Å². The Kier molecular flexibility index (Phi) is 5.70. The summed E-state index contributed by atoms with van der Waals surface area (Å²) in [6.45, 7) is 3.80. The number of amides is 1. The van der Waals surface area contributed by atoms with Crippen LogP contribution in [0.25, 0.3) is 10.2 Å². The number of fused-ring (bicyclic) bond motifs is 1. The molecule has 1 amide bonds. The number of nitrogens with one attached hydrogen (secondary N) is 1. The molecule has 1 heterocycles. The van der Waals surface area contributed by atoms with Crippen LogP contribution >= 0.6 is 38.9 Å². The Morgan fingerprint density at radius 2 is 2.08 bits per heavy atom. The van der Waals surface area contributed by atoms with Crippen LogP contribution in [-0.2, 0) is 4.79 Å².